The molecule has 0 aliphatic carbocycles. The maximum atomic E-state index is 6.15. The first kappa shape index (κ1) is 15.1. The predicted molar refractivity (Wildman–Crippen MR) is 85.0 cm³/mol. The summed E-state index contributed by atoms with van der Waals surface area (Å²) in [5, 5.41) is 7.79. The zero-order valence-corrected chi connectivity index (χ0v) is 13.5. The summed E-state index contributed by atoms with van der Waals surface area (Å²) in [6, 6.07) is 6.69. The van der Waals surface area contributed by atoms with Gasteiger partial charge in [-0.15, -0.1) is 0 Å². The second-order valence-electron chi connectivity index (χ2n) is 6.79. The highest BCUT2D eigenvalue weighted by molar-refractivity contribution is 5.73. The van der Waals surface area contributed by atoms with Crippen molar-refractivity contribution in [2.24, 2.45) is 0 Å². The average molecular weight is 317 g/mol. The standard InChI is InChI=1S/C17H23N3O3/c1-20(12-13-2-3-15-16(10-13)19-23-18-15)14-4-7-22-17(11-14)5-8-21-9-6-17/h2-3,10,14H,4-9,11-12H2,1H3. The van der Waals surface area contributed by atoms with Crippen LogP contribution in [0.15, 0.2) is 22.8 Å². The fourth-order valence-electron chi connectivity index (χ4n) is 3.81. The maximum Gasteiger partial charge on any atom is 0.135 e. The minimum Gasteiger partial charge on any atom is -0.381 e. The van der Waals surface area contributed by atoms with Crippen molar-refractivity contribution in [3.8, 4) is 0 Å². The summed E-state index contributed by atoms with van der Waals surface area (Å²) in [6.45, 7) is 3.40. The van der Waals surface area contributed by atoms with Crippen LogP contribution in [0.5, 0.6) is 0 Å². The molecule has 0 radical (unpaired) electrons. The van der Waals surface area contributed by atoms with Gasteiger partial charge in [-0.1, -0.05) is 6.07 Å². The van der Waals surface area contributed by atoms with Gasteiger partial charge in [0.15, 0.2) is 0 Å². The fraction of sp³-hybridized carbons (Fsp3) is 0.647. The van der Waals surface area contributed by atoms with Gasteiger partial charge in [-0.3, -0.25) is 4.90 Å². The molecule has 6 heteroatoms. The van der Waals surface area contributed by atoms with E-state index in [-0.39, 0.29) is 5.60 Å². The van der Waals surface area contributed by atoms with Crippen molar-refractivity contribution in [2.45, 2.75) is 43.9 Å². The van der Waals surface area contributed by atoms with E-state index < -0.39 is 0 Å². The van der Waals surface area contributed by atoms with Crippen LogP contribution in [0.1, 0.15) is 31.2 Å². The lowest BCUT2D eigenvalue weighted by molar-refractivity contribution is -0.150. The third-order valence-electron chi connectivity index (χ3n) is 5.24. The van der Waals surface area contributed by atoms with Gasteiger partial charge in [0.2, 0.25) is 0 Å². The van der Waals surface area contributed by atoms with Crippen LogP contribution >= 0.6 is 0 Å². The van der Waals surface area contributed by atoms with E-state index >= 15 is 0 Å². The van der Waals surface area contributed by atoms with Gasteiger partial charge < -0.3 is 9.47 Å². The van der Waals surface area contributed by atoms with Crippen LogP contribution in [0.25, 0.3) is 11.0 Å². The number of nitrogens with zero attached hydrogens (tertiary/aromatic N) is 3. The van der Waals surface area contributed by atoms with Crippen molar-refractivity contribution in [1.82, 2.24) is 15.2 Å². The quantitative estimate of drug-likeness (QED) is 0.866. The number of ether oxygens (including phenoxy) is 2. The zero-order chi connectivity index (χ0) is 15.7. The van der Waals surface area contributed by atoms with E-state index in [1.54, 1.807) is 0 Å². The second-order valence-corrected chi connectivity index (χ2v) is 6.79. The third kappa shape index (κ3) is 3.11. The Balaban J connectivity index is 1.44. The topological polar surface area (TPSA) is 60.6 Å². The van der Waals surface area contributed by atoms with E-state index in [2.05, 4.69) is 34.4 Å². The summed E-state index contributed by atoms with van der Waals surface area (Å²) in [7, 11) is 2.20. The van der Waals surface area contributed by atoms with Crippen molar-refractivity contribution in [3.05, 3.63) is 23.8 Å². The van der Waals surface area contributed by atoms with Gasteiger partial charge >= 0.3 is 0 Å². The van der Waals surface area contributed by atoms with Crippen LogP contribution in [0.3, 0.4) is 0 Å². The second kappa shape index (κ2) is 6.19. The van der Waals surface area contributed by atoms with Crippen molar-refractivity contribution in [1.29, 1.82) is 0 Å². The van der Waals surface area contributed by atoms with Crippen LogP contribution in [0.2, 0.25) is 0 Å². The molecule has 6 nitrogen and oxygen atoms in total. The number of hydrogen-bond acceptors (Lipinski definition) is 6. The summed E-state index contributed by atoms with van der Waals surface area (Å²) in [5.41, 5.74) is 2.91. The van der Waals surface area contributed by atoms with E-state index in [9.17, 15) is 0 Å². The lowest BCUT2D eigenvalue weighted by Crippen LogP contribution is -2.50. The molecule has 0 bridgehead atoms. The highest BCUT2D eigenvalue weighted by Gasteiger charge is 2.40. The normalized spacial score (nSPS) is 24.5. The van der Waals surface area contributed by atoms with Gasteiger partial charge in [0, 0.05) is 32.4 Å². The monoisotopic (exact) mass is 317 g/mol. The number of rotatable bonds is 3. The number of fused-ring (bicyclic) bond motifs is 1. The molecule has 1 aromatic carbocycles. The van der Waals surface area contributed by atoms with Crippen LogP contribution in [0.4, 0.5) is 0 Å². The minimum atomic E-state index is 0.0371. The third-order valence-corrected chi connectivity index (χ3v) is 5.24. The molecule has 3 heterocycles. The van der Waals surface area contributed by atoms with Crippen molar-refractivity contribution < 1.29 is 14.1 Å². The number of hydrogen-bond donors (Lipinski definition) is 0. The summed E-state index contributed by atoms with van der Waals surface area (Å²) in [4.78, 5) is 2.44. The first-order valence-corrected chi connectivity index (χ1v) is 8.37. The SMILES string of the molecule is CN(Cc1ccc2nonc2c1)C1CCOC2(CCOCC2)C1. The Hall–Kier alpha value is -1.50. The molecular formula is C17H23N3O3. The van der Waals surface area contributed by atoms with Crippen LogP contribution in [0, 0.1) is 0 Å². The zero-order valence-electron chi connectivity index (χ0n) is 13.5. The van der Waals surface area contributed by atoms with Crippen LogP contribution < -0.4 is 0 Å². The Morgan fingerprint density at radius 3 is 2.87 bits per heavy atom. The predicted octanol–water partition coefficient (Wildman–Crippen LogP) is 2.38. The van der Waals surface area contributed by atoms with Gasteiger partial charge in [-0.05, 0) is 60.7 Å². The Bertz CT molecular complexity index is 660. The van der Waals surface area contributed by atoms with Crippen molar-refractivity contribution in [2.75, 3.05) is 26.9 Å². The molecule has 2 aromatic rings. The summed E-state index contributed by atoms with van der Waals surface area (Å²) < 4.78 is 16.4. The summed E-state index contributed by atoms with van der Waals surface area (Å²) in [5.74, 6) is 0. The molecule has 2 aliphatic heterocycles. The molecule has 2 aliphatic rings. The lowest BCUT2D eigenvalue weighted by Gasteiger charge is -2.45. The molecule has 0 N–H and O–H groups in total. The van der Waals surface area contributed by atoms with E-state index in [0.29, 0.717) is 6.04 Å². The first-order chi connectivity index (χ1) is 11.2. The van der Waals surface area contributed by atoms with Gasteiger partial charge in [0.25, 0.3) is 0 Å². The Morgan fingerprint density at radius 1 is 1.17 bits per heavy atom. The van der Waals surface area contributed by atoms with E-state index in [1.165, 1.54) is 5.56 Å². The molecule has 0 saturated carbocycles. The Labute approximate surface area is 135 Å². The van der Waals surface area contributed by atoms with Gasteiger partial charge in [-0.25, -0.2) is 4.63 Å². The van der Waals surface area contributed by atoms with Crippen molar-refractivity contribution in [3.63, 3.8) is 0 Å². The summed E-state index contributed by atoms with van der Waals surface area (Å²) >= 11 is 0. The first-order valence-electron chi connectivity index (χ1n) is 8.37. The number of benzene rings is 1. The largest absolute Gasteiger partial charge is 0.381 e. The smallest absolute Gasteiger partial charge is 0.135 e. The van der Waals surface area contributed by atoms with Crippen LogP contribution in [-0.4, -0.2) is 53.7 Å². The van der Waals surface area contributed by atoms with Gasteiger partial charge in [0.05, 0.1) is 5.60 Å². The molecule has 124 valence electrons. The van der Waals surface area contributed by atoms with Crippen molar-refractivity contribution >= 4 is 11.0 Å². The molecule has 1 unspecified atom stereocenters. The fourth-order valence-corrected chi connectivity index (χ4v) is 3.81. The minimum absolute atomic E-state index is 0.0371. The lowest BCUT2D eigenvalue weighted by atomic mass is 9.83. The highest BCUT2D eigenvalue weighted by atomic mass is 16.6. The molecule has 1 aromatic heterocycles. The van der Waals surface area contributed by atoms with E-state index in [0.717, 1.165) is 63.1 Å². The molecule has 1 atom stereocenters. The van der Waals surface area contributed by atoms with Gasteiger partial charge in [0.1, 0.15) is 11.0 Å². The molecule has 0 amide bonds. The molecule has 4 rings (SSSR count). The molecule has 2 saturated heterocycles. The Morgan fingerprint density at radius 2 is 2.00 bits per heavy atom. The molecule has 1 spiro atoms. The average Bonchev–Trinajstić information content (AvgIpc) is 3.03. The number of aromatic nitrogens is 2. The van der Waals surface area contributed by atoms with E-state index in [4.69, 9.17) is 14.1 Å². The maximum absolute atomic E-state index is 6.15. The molecule has 2 fully saturated rings. The molecule has 23 heavy (non-hydrogen) atoms. The molecular weight excluding hydrogens is 294 g/mol. The highest BCUT2D eigenvalue weighted by Crippen LogP contribution is 2.36. The van der Waals surface area contributed by atoms with E-state index in [1.807, 2.05) is 6.07 Å². The van der Waals surface area contributed by atoms with Gasteiger partial charge in [-0.2, -0.15) is 0 Å². The summed E-state index contributed by atoms with van der Waals surface area (Å²) in [6.07, 6.45) is 4.23. The van der Waals surface area contributed by atoms with Crippen LogP contribution in [-0.2, 0) is 16.0 Å². The Kier molecular flexibility index (Phi) is 4.05.